The van der Waals surface area contributed by atoms with Crippen molar-refractivity contribution < 1.29 is 8.96 Å². The minimum Gasteiger partial charge on any atom is -0.306 e. The summed E-state index contributed by atoms with van der Waals surface area (Å²) in [6.45, 7) is 9.64. The van der Waals surface area contributed by atoms with Gasteiger partial charge in [-0.1, -0.05) is 24.3 Å². The summed E-state index contributed by atoms with van der Waals surface area (Å²) in [5.41, 5.74) is 5.29. The molecule has 3 heterocycles. The molecule has 4 heteroatoms. The summed E-state index contributed by atoms with van der Waals surface area (Å²) in [5, 5.41) is 5.11. The van der Waals surface area contributed by atoms with Gasteiger partial charge >= 0.3 is 0 Å². The SMILES string of the molecule is [C-]#[N+]c1cc2cc[n+](C)c3c4c(C)ccc5c6cccc(F)c6n(c(c1)c23)c54. The van der Waals surface area contributed by atoms with Gasteiger partial charge in [-0.3, -0.25) is 0 Å². The third kappa shape index (κ3) is 1.65. The first-order valence-electron chi connectivity index (χ1n) is 9.17. The van der Waals surface area contributed by atoms with Crippen molar-refractivity contribution in [1.29, 1.82) is 0 Å². The van der Waals surface area contributed by atoms with E-state index >= 15 is 4.39 Å². The number of halogens is 1. The molecule has 0 aliphatic carbocycles. The summed E-state index contributed by atoms with van der Waals surface area (Å²) >= 11 is 0. The van der Waals surface area contributed by atoms with Crippen LogP contribution in [0.5, 0.6) is 0 Å². The molecule has 0 unspecified atom stereocenters. The molecule has 28 heavy (non-hydrogen) atoms. The number of aromatic nitrogens is 2. The Morgan fingerprint density at radius 2 is 1.82 bits per heavy atom. The van der Waals surface area contributed by atoms with E-state index in [1.165, 1.54) is 6.07 Å². The Labute approximate surface area is 160 Å². The minimum atomic E-state index is -0.248. The number of benzene rings is 3. The number of rotatable bonds is 0. The minimum absolute atomic E-state index is 0.248. The van der Waals surface area contributed by atoms with Crippen molar-refractivity contribution in [2.24, 2.45) is 7.05 Å². The summed E-state index contributed by atoms with van der Waals surface area (Å²) in [6, 6.07) is 15.3. The summed E-state index contributed by atoms with van der Waals surface area (Å²) in [5.74, 6) is -0.248. The lowest BCUT2D eigenvalue weighted by molar-refractivity contribution is -0.643. The van der Waals surface area contributed by atoms with E-state index in [9.17, 15) is 0 Å². The van der Waals surface area contributed by atoms with Crippen LogP contribution in [0.4, 0.5) is 10.1 Å². The van der Waals surface area contributed by atoms with Gasteiger partial charge in [0.25, 0.3) is 0 Å². The Bertz CT molecular complexity index is 1650. The van der Waals surface area contributed by atoms with Crippen LogP contribution >= 0.6 is 0 Å². The van der Waals surface area contributed by atoms with E-state index in [1.54, 1.807) is 6.07 Å². The number of fused-ring (bicyclic) bond motifs is 5. The van der Waals surface area contributed by atoms with Crippen LogP contribution < -0.4 is 4.57 Å². The fraction of sp³-hybridized carbons (Fsp3) is 0.0833. The molecule has 0 aliphatic heterocycles. The molecule has 3 nitrogen and oxygen atoms in total. The summed E-state index contributed by atoms with van der Waals surface area (Å²) in [4.78, 5) is 3.67. The van der Waals surface area contributed by atoms with Crippen LogP contribution in [0.15, 0.2) is 54.7 Å². The topological polar surface area (TPSA) is 12.7 Å². The molecule has 3 aromatic heterocycles. The third-order valence-corrected chi connectivity index (χ3v) is 5.92. The first-order valence-corrected chi connectivity index (χ1v) is 9.17. The number of aryl methyl sites for hydroxylation is 2. The molecule has 0 saturated heterocycles. The van der Waals surface area contributed by atoms with Gasteiger partial charge < -0.3 is 4.40 Å². The van der Waals surface area contributed by atoms with Gasteiger partial charge in [0.05, 0.1) is 33.9 Å². The maximum atomic E-state index is 15.1. The van der Waals surface area contributed by atoms with Crippen molar-refractivity contribution in [3.05, 3.63) is 77.5 Å². The standard InChI is InChI=1S/C24H15FN3/c1-13-7-8-17-16-5-4-6-18(25)22(16)28-19-12-15(26-2)11-14-9-10-27(3)24(21(14)19)20(13)23(17)28/h4-12H,1,3H3/q+1. The van der Waals surface area contributed by atoms with Gasteiger partial charge in [-0.15, -0.1) is 0 Å². The third-order valence-electron chi connectivity index (χ3n) is 5.92. The summed E-state index contributed by atoms with van der Waals surface area (Å²) in [7, 11) is 2.04. The molecule has 6 aromatic rings. The maximum absolute atomic E-state index is 15.1. The van der Waals surface area contributed by atoms with Crippen LogP contribution in [-0.2, 0) is 7.05 Å². The lowest BCUT2D eigenvalue weighted by Gasteiger charge is -2.13. The Balaban J connectivity index is 2.16. The Morgan fingerprint density at radius 3 is 2.64 bits per heavy atom. The smallest absolute Gasteiger partial charge is 0.224 e. The van der Waals surface area contributed by atoms with E-state index < -0.39 is 0 Å². The largest absolute Gasteiger partial charge is 0.306 e. The average molecular weight is 364 g/mol. The second kappa shape index (κ2) is 4.96. The van der Waals surface area contributed by atoms with Crippen LogP contribution in [0, 0.1) is 19.3 Å². The summed E-state index contributed by atoms with van der Waals surface area (Å²) in [6.07, 6.45) is 2.03. The zero-order valence-corrected chi connectivity index (χ0v) is 15.4. The van der Waals surface area contributed by atoms with E-state index in [0.717, 1.165) is 49.0 Å². The fourth-order valence-electron chi connectivity index (χ4n) is 4.76. The molecule has 0 amide bonds. The quantitative estimate of drug-likeness (QED) is 0.140. The fourth-order valence-corrected chi connectivity index (χ4v) is 4.76. The van der Waals surface area contributed by atoms with Crippen LogP contribution in [-0.4, -0.2) is 4.40 Å². The first kappa shape index (κ1) is 15.4. The average Bonchev–Trinajstić information content (AvgIpc) is 3.04. The molecule has 0 aliphatic rings. The zero-order chi connectivity index (χ0) is 19.2. The number of hydrogen-bond donors (Lipinski definition) is 0. The highest BCUT2D eigenvalue weighted by Gasteiger charge is 2.24. The zero-order valence-electron chi connectivity index (χ0n) is 15.4. The van der Waals surface area contributed by atoms with Gasteiger partial charge in [0.2, 0.25) is 5.52 Å². The molecule has 6 rings (SSSR count). The van der Waals surface area contributed by atoms with Crippen molar-refractivity contribution in [1.82, 2.24) is 4.40 Å². The van der Waals surface area contributed by atoms with Crippen LogP contribution in [0.1, 0.15) is 5.56 Å². The van der Waals surface area contributed by atoms with Crippen LogP contribution in [0.2, 0.25) is 0 Å². The van der Waals surface area contributed by atoms with Crippen molar-refractivity contribution in [3.8, 4) is 0 Å². The molecule has 0 N–H and O–H groups in total. The molecule has 132 valence electrons. The summed E-state index contributed by atoms with van der Waals surface area (Å²) < 4.78 is 19.2. The molecule has 0 saturated carbocycles. The van der Waals surface area contributed by atoms with Gasteiger partial charge in [0, 0.05) is 16.8 Å². The van der Waals surface area contributed by atoms with Gasteiger partial charge in [-0.2, -0.15) is 0 Å². The number of hydrogen-bond acceptors (Lipinski definition) is 0. The maximum Gasteiger partial charge on any atom is 0.224 e. The van der Waals surface area contributed by atoms with E-state index in [0.29, 0.717) is 11.2 Å². The van der Waals surface area contributed by atoms with Gasteiger partial charge in [-0.05, 0) is 36.1 Å². The van der Waals surface area contributed by atoms with Crippen molar-refractivity contribution in [2.75, 3.05) is 0 Å². The number of pyridine rings is 2. The predicted molar refractivity (Wildman–Crippen MR) is 111 cm³/mol. The highest BCUT2D eigenvalue weighted by Crippen LogP contribution is 2.42. The lowest BCUT2D eigenvalue weighted by Crippen LogP contribution is -2.28. The number of para-hydroxylation sites is 1. The molecule has 0 radical (unpaired) electrons. The normalized spacial score (nSPS) is 12.1. The van der Waals surface area contributed by atoms with Crippen molar-refractivity contribution in [2.45, 2.75) is 6.92 Å². The van der Waals surface area contributed by atoms with Crippen molar-refractivity contribution >= 4 is 54.7 Å². The first-order chi connectivity index (χ1) is 13.6. The lowest BCUT2D eigenvalue weighted by atomic mass is 9.99. The molecule has 0 fully saturated rings. The monoisotopic (exact) mass is 364 g/mol. The Morgan fingerprint density at radius 1 is 1.00 bits per heavy atom. The second-order valence-corrected chi connectivity index (χ2v) is 7.44. The van der Waals surface area contributed by atoms with Gasteiger partial charge in [-0.25, -0.2) is 13.8 Å². The molecule has 0 spiro atoms. The van der Waals surface area contributed by atoms with Gasteiger partial charge in [0.15, 0.2) is 11.9 Å². The van der Waals surface area contributed by atoms with E-state index in [-0.39, 0.29) is 5.82 Å². The molecular weight excluding hydrogens is 349 g/mol. The molecule has 0 atom stereocenters. The van der Waals surface area contributed by atoms with Crippen molar-refractivity contribution in [3.63, 3.8) is 0 Å². The predicted octanol–water partition coefficient (Wildman–Crippen LogP) is 5.81. The van der Waals surface area contributed by atoms with Gasteiger partial charge in [0.1, 0.15) is 12.9 Å². The highest BCUT2D eigenvalue weighted by atomic mass is 19.1. The van der Waals surface area contributed by atoms with E-state index in [1.807, 2.05) is 41.9 Å². The second-order valence-electron chi connectivity index (χ2n) is 7.44. The Hall–Kier alpha value is -3.71. The van der Waals surface area contributed by atoms with E-state index in [2.05, 4.69) is 28.5 Å². The van der Waals surface area contributed by atoms with Crippen LogP contribution in [0.3, 0.4) is 0 Å². The number of nitrogens with zero attached hydrogens (tertiary/aromatic N) is 3. The highest BCUT2D eigenvalue weighted by molar-refractivity contribution is 6.26. The Kier molecular flexibility index (Phi) is 2.72. The molecule has 0 bridgehead atoms. The van der Waals surface area contributed by atoms with Crippen LogP contribution in [0.25, 0.3) is 53.8 Å². The molecular formula is C24H15FN3+. The molecule has 3 aromatic carbocycles. The van der Waals surface area contributed by atoms with E-state index in [4.69, 9.17) is 6.57 Å².